The molecule has 0 unspecified atom stereocenters. The molecule has 1 aliphatic heterocycles. The van der Waals surface area contributed by atoms with Crippen LogP contribution in [0.4, 0.5) is 0 Å². The van der Waals surface area contributed by atoms with E-state index in [0.717, 1.165) is 43.8 Å². The van der Waals surface area contributed by atoms with Crippen molar-refractivity contribution >= 4 is 11.3 Å². The zero-order valence-electron chi connectivity index (χ0n) is 14.5. The van der Waals surface area contributed by atoms with E-state index in [-0.39, 0.29) is 12.0 Å². The molecule has 0 saturated carbocycles. The van der Waals surface area contributed by atoms with Crippen molar-refractivity contribution < 1.29 is 9.84 Å². The SMILES string of the molecule is CCOc1ccc(CN2CCC(C)(c3nccs3)CC2)cc1CO. The molecule has 5 heteroatoms. The van der Waals surface area contributed by atoms with Crippen LogP contribution in [0.3, 0.4) is 0 Å². The summed E-state index contributed by atoms with van der Waals surface area (Å²) >= 11 is 1.77. The Morgan fingerprint density at radius 2 is 2.12 bits per heavy atom. The maximum Gasteiger partial charge on any atom is 0.124 e. The van der Waals surface area contributed by atoms with Gasteiger partial charge in [0.15, 0.2) is 0 Å². The summed E-state index contributed by atoms with van der Waals surface area (Å²) in [5, 5.41) is 12.9. The van der Waals surface area contributed by atoms with E-state index in [1.54, 1.807) is 11.3 Å². The number of aromatic nitrogens is 1. The van der Waals surface area contributed by atoms with E-state index < -0.39 is 0 Å². The fraction of sp³-hybridized carbons (Fsp3) is 0.526. The highest BCUT2D eigenvalue weighted by molar-refractivity contribution is 7.09. The van der Waals surface area contributed by atoms with E-state index in [0.29, 0.717) is 6.61 Å². The summed E-state index contributed by atoms with van der Waals surface area (Å²) < 4.78 is 5.56. The van der Waals surface area contributed by atoms with E-state index in [2.05, 4.69) is 34.3 Å². The van der Waals surface area contributed by atoms with E-state index in [9.17, 15) is 5.11 Å². The highest BCUT2D eigenvalue weighted by Crippen LogP contribution is 2.36. The van der Waals surface area contributed by atoms with Crippen molar-refractivity contribution in [2.24, 2.45) is 0 Å². The van der Waals surface area contributed by atoms with Crippen LogP contribution < -0.4 is 4.74 Å². The maximum atomic E-state index is 9.55. The number of nitrogens with zero attached hydrogens (tertiary/aromatic N) is 2. The molecule has 130 valence electrons. The van der Waals surface area contributed by atoms with Crippen LogP contribution in [0.5, 0.6) is 5.75 Å². The van der Waals surface area contributed by atoms with Crippen molar-refractivity contribution in [1.82, 2.24) is 9.88 Å². The summed E-state index contributed by atoms with van der Waals surface area (Å²) in [6.45, 7) is 8.02. The van der Waals surface area contributed by atoms with Crippen molar-refractivity contribution in [3.8, 4) is 5.75 Å². The molecule has 1 aromatic carbocycles. The third-order valence-corrected chi connectivity index (χ3v) is 5.99. The molecule has 0 amide bonds. The Morgan fingerprint density at radius 1 is 1.33 bits per heavy atom. The van der Waals surface area contributed by atoms with Crippen LogP contribution in [0, 0.1) is 0 Å². The third kappa shape index (κ3) is 3.79. The summed E-state index contributed by atoms with van der Waals surface area (Å²) in [5.41, 5.74) is 2.33. The lowest BCUT2D eigenvalue weighted by atomic mass is 9.81. The van der Waals surface area contributed by atoms with Crippen molar-refractivity contribution in [1.29, 1.82) is 0 Å². The normalized spacial score (nSPS) is 17.8. The number of thiazole rings is 1. The van der Waals surface area contributed by atoms with Gasteiger partial charge >= 0.3 is 0 Å². The molecule has 3 rings (SSSR count). The molecule has 1 saturated heterocycles. The second kappa shape index (κ2) is 7.64. The number of hydrogen-bond donors (Lipinski definition) is 1. The van der Waals surface area contributed by atoms with Gasteiger partial charge in [0.2, 0.25) is 0 Å². The fourth-order valence-electron chi connectivity index (χ4n) is 3.35. The molecule has 2 heterocycles. The molecule has 24 heavy (non-hydrogen) atoms. The van der Waals surface area contributed by atoms with E-state index >= 15 is 0 Å². The number of benzene rings is 1. The van der Waals surface area contributed by atoms with Crippen LogP contribution in [-0.2, 0) is 18.6 Å². The van der Waals surface area contributed by atoms with Crippen LogP contribution in [0.2, 0.25) is 0 Å². The highest BCUT2D eigenvalue weighted by Gasteiger charge is 2.33. The van der Waals surface area contributed by atoms with Gasteiger partial charge in [-0.1, -0.05) is 13.0 Å². The summed E-state index contributed by atoms with van der Waals surface area (Å²) in [6.07, 6.45) is 4.20. The Kier molecular flexibility index (Phi) is 5.54. The average Bonchev–Trinajstić information content (AvgIpc) is 3.14. The quantitative estimate of drug-likeness (QED) is 0.868. The van der Waals surface area contributed by atoms with E-state index in [1.807, 2.05) is 19.2 Å². The molecule has 1 aromatic heterocycles. The minimum atomic E-state index is 0.0191. The van der Waals surface area contributed by atoms with Gasteiger partial charge in [0.05, 0.1) is 18.2 Å². The van der Waals surface area contributed by atoms with Gasteiger partial charge in [0.25, 0.3) is 0 Å². The topological polar surface area (TPSA) is 45.6 Å². The van der Waals surface area contributed by atoms with Gasteiger partial charge in [-0.2, -0.15) is 0 Å². The number of piperidine rings is 1. The smallest absolute Gasteiger partial charge is 0.124 e. The van der Waals surface area contributed by atoms with Crippen molar-refractivity contribution in [3.63, 3.8) is 0 Å². The van der Waals surface area contributed by atoms with Crippen molar-refractivity contribution in [3.05, 3.63) is 45.9 Å². The summed E-state index contributed by atoms with van der Waals surface area (Å²) in [7, 11) is 0. The summed E-state index contributed by atoms with van der Waals surface area (Å²) in [6, 6.07) is 6.16. The molecule has 1 aliphatic rings. The Morgan fingerprint density at radius 3 is 2.75 bits per heavy atom. The highest BCUT2D eigenvalue weighted by atomic mass is 32.1. The van der Waals surface area contributed by atoms with Crippen LogP contribution in [-0.4, -0.2) is 34.7 Å². The Labute approximate surface area is 148 Å². The lowest BCUT2D eigenvalue weighted by Gasteiger charge is -2.38. The van der Waals surface area contributed by atoms with Gasteiger partial charge < -0.3 is 9.84 Å². The number of rotatable bonds is 6. The molecule has 1 N–H and O–H groups in total. The Balaban J connectivity index is 1.62. The van der Waals surface area contributed by atoms with Crippen LogP contribution >= 0.6 is 11.3 Å². The molecule has 0 spiro atoms. The maximum absolute atomic E-state index is 9.55. The van der Waals surface area contributed by atoms with Crippen LogP contribution in [0.1, 0.15) is 42.8 Å². The number of hydrogen-bond acceptors (Lipinski definition) is 5. The van der Waals surface area contributed by atoms with Gasteiger partial charge in [0, 0.05) is 29.1 Å². The number of aliphatic hydroxyl groups is 1. The molecule has 0 radical (unpaired) electrons. The number of likely N-dealkylation sites (tertiary alicyclic amines) is 1. The second-order valence-electron chi connectivity index (χ2n) is 6.71. The number of ether oxygens (including phenoxy) is 1. The molecule has 0 aliphatic carbocycles. The van der Waals surface area contributed by atoms with Gasteiger partial charge in [-0.05, 0) is 50.6 Å². The molecule has 2 aromatic rings. The summed E-state index contributed by atoms with van der Waals surface area (Å²) in [4.78, 5) is 7.02. The first kappa shape index (κ1) is 17.4. The lowest BCUT2D eigenvalue weighted by molar-refractivity contribution is 0.161. The third-order valence-electron chi connectivity index (χ3n) is 4.91. The second-order valence-corrected chi connectivity index (χ2v) is 7.60. The van der Waals surface area contributed by atoms with Crippen molar-refractivity contribution in [2.75, 3.05) is 19.7 Å². The molecule has 0 atom stereocenters. The molecule has 4 nitrogen and oxygen atoms in total. The van der Waals surface area contributed by atoms with Gasteiger partial charge in [-0.25, -0.2) is 4.98 Å². The fourth-order valence-corrected chi connectivity index (χ4v) is 4.21. The predicted molar refractivity (Wildman–Crippen MR) is 97.5 cm³/mol. The molecule has 1 fully saturated rings. The van der Waals surface area contributed by atoms with Gasteiger partial charge in [-0.3, -0.25) is 4.90 Å². The van der Waals surface area contributed by atoms with E-state index in [1.165, 1.54) is 10.6 Å². The van der Waals surface area contributed by atoms with Crippen LogP contribution in [0.25, 0.3) is 0 Å². The Bertz CT molecular complexity index is 649. The Hall–Kier alpha value is -1.43. The minimum absolute atomic E-state index is 0.0191. The first-order chi connectivity index (χ1) is 11.6. The molecular formula is C19H26N2O2S. The zero-order valence-corrected chi connectivity index (χ0v) is 15.3. The predicted octanol–water partition coefficient (Wildman–Crippen LogP) is 3.59. The minimum Gasteiger partial charge on any atom is -0.494 e. The van der Waals surface area contributed by atoms with Crippen molar-refractivity contribution in [2.45, 2.75) is 45.3 Å². The van der Waals surface area contributed by atoms with E-state index in [4.69, 9.17) is 4.74 Å². The molecular weight excluding hydrogens is 320 g/mol. The largest absolute Gasteiger partial charge is 0.494 e. The standard InChI is InChI=1S/C19H26N2O2S/c1-3-23-17-5-4-15(12-16(17)14-22)13-21-9-6-19(2,7-10-21)18-20-8-11-24-18/h4-5,8,11-12,22H,3,6-7,9-10,13-14H2,1-2H3. The number of aliphatic hydroxyl groups excluding tert-OH is 1. The van der Waals surface area contributed by atoms with Gasteiger partial charge in [0.1, 0.15) is 5.75 Å². The molecule has 0 bridgehead atoms. The van der Waals surface area contributed by atoms with Gasteiger partial charge in [-0.15, -0.1) is 11.3 Å². The lowest BCUT2D eigenvalue weighted by Crippen LogP contribution is -2.40. The first-order valence-electron chi connectivity index (χ1n) is 8.62. The first-order valence-corrected chi connectivity index (χ1v) is 9.50. The van der Waals surface area contributed by atoms with Crippen LogP contribution in [0.15, 0.2) is 29.8 Å². The monoisotopic (exact) mass is 346 g/mol. The summed E-state index contributed by atoms with van der Waals surface area (Å²) in [5.74, 6) is 0.790. The zero-order chi connectivity index (χ0) is 17.0. The average molecular weight is 346 g/mol.